The minimum atomic E-state index is -4.20. The van der Waals surface area contributed by atoms with Gasteiger partial charge >= 0.3 is 0 Å². The van der Waals surface area contributed by atoms with Crippen molar-refractivity contribution in [2.45, 2.75) is 36.7 Å². The van der Waals surface area contributed by atoms with Gasteiger partial charge < -0.3 is 10.5 Å². The number of rotatable bonds is 8. The summed E-state index contributed by atoms with van der Waals surface area (Å²) < 4.78 is 33.6. The summed E-state index contributed by atoms with van der Waals surface area (Å²) in [6.07, 6.45) is 0.259. The van der Waals surface area contributed by atoms with Crippen molar-refractivity contribution in [2.75, 3.05) is 5.73 Å². The number of hydroxylamine groups is 1. The second-order valence-electron chi connectivity index (χ2n) is 8.70. The zero-order chi connectivity index (χ0) is 26.6. The van der Waals surface area contributed by atoms with Gasteiger partial charge in [0.05, 0.1) is 15.4 Å². The number of benzene rings is 4. The van der Waals surface area contributed by atoms with Gasteiger partial charge in [0, 0.05) is 5.69 Å². The molecule has 0 spiro atoms. The Morgan fingerprint density at radius 1 is 0.865 bits per heavy atom. The molecular weight excluding hydrogens is 488 g/mol. The molecular formula is C29H28N2O5S. The minimum Gasteiger partial charge on any atom is -0.489 e. The van der Waals surface area contributed by atoms with Crippen LogP contribution in [0.2, 0.25) is 0 Å². The quantitative estimate of drug-likeness (QED) is 0.172. The van der Waals surface area contributed by atoms with Crippen LogP contribution in [-0.4, -0.2) is 19.5 Å². The van der Waals surface area contributed by atoms with Crippen molar-refractivity contribution >= 4 is 21.4 Å². The van der Waals surface area contributed by atoms with Crippen LogP contribution in [0.15, 0.2) is 94.7 Å². The zero-order valence-corrected chi connectivity index (χ0v) is 21.4. The number of carbonyl (C=O) groups excluding carboxylic acids is 1. The second kappa shape index (κ2) is 10.9. The first-order valence-electron chi connectivity index (χ1n) is 11.7. The Kier molecular flexibility index (Phi) is 7.61. The van der Waals surface area contributed by atoms with E-state index in [-0.39, 0.29) is 33.0 Å². The highest BCUT2D eigenvalue weighted by atomic mass is 32.2. The molecule has 37 heavy (non-hydrogen) atoms. The van der Waals surface area contributed by atoms with Gasteiger partial charge in [-0.3, -0.25) is 10.0 Å². The Labute approximate surface area is 216 Å². The lowest BCUT2D eigenvalue weighted by Gasteiger charge is -2.21. The highest BCUT2D eigenvalue weighted by molar-refractivity contribution is 7.91. The number of anilines is 1. The van der Waals surface area contributed by atoms with Crippen molar-refractivity contribution in [3.63, 3.8) is 0 Å². The van der Waals surface area contributed by atoms with Gasteiger partial charge in [0.25, 0.3) is 5.91 Å². The molecule has 7 nitrogen and oxygen atoms in total. The van der Waals surface area contributed by atoms with Gasteiger partial charge in [-0.15, -0.1) is 0 Å². The lowest BCUT2D eigenvalue weighted by Crippen LogP contribution is -2.26. The molecule has 1 amide bonds. The molecule has 4 rings (SSSR count). The third-order valence-corrected chi connectivity index (χ3v) is 8.27. The minimum absolute atomic E-state index is 0.0245. The molecule has 0 fully saturated rings. The number of nitrogens with two attached hydrogens (primary N) is 1. The van der Waals surface area contributed by atoms with Crippen LogP contribution in [0.4, 0.5) is 5.69 Å². The van der Waals surface area contributed by atoms with Crippen molar-refractivity contribution in [1.29, 1.82) is 0 Å². The van der Waals surface area contributed by atoms with Crippen LogP contribution < -0.4 is 16.0 Å². The van der Waals surface area contributed by atoms with Gasteiger partial charge in [-0.1, -0.05) is 60.7 Å². The zero-order valence-electron chi connectivity index (χ0n) is 20.6. The highest BCUT2D eigenvalue weighted by Crippen LogP contribution is 2.37. The molecule has 0 aliphatic carbocycles. The molecule has 0 aromatic heterocycles. The van der Waals surface area contributed by atoms with E-state index in [0.29, 0.717) is 23.5 Å². The summed E-state index contributed by atoms with van der Waals surface area (Å²) in [6.45, 7) is 3.64. The van der Waals surface area contributed by atoms with Crippen LogP contribution >= 0.6 is 0 Å². The maximum absolute atomic E-state index is 13.9. The third-order valence-electron chi connectivity index (χ3n) is 6.33. The fourth-order valence-electron chi connectivity index (χ4n) is 4.30. The fraction of sp³-hybridized carbons (Fsp3) is 0.138. The van der Waals surface area contributed by atoms with Crippen LogP contribution in [0, 0.1) is 13.8 Å². The van der Waals surface area contributed by atoms with E-state index in [4.69, 9.17) is 10.5 Å². The van der Waals surface area contributed by atoms with Crippen molar-refractivity contribution in [2.24, 2.45) is 0 Å². The van der Waals surface area contributed by atoms with Crippen LogP contribution in [0.25, 0.3) is 0 Å². The van der Waals surface area contributed by atoms with Gasteiger partial charge in [0.15, 0.2) is 0 Å². The molecule has 4 aromatic rings. The van der Waals surface area contributed by atoms with Crippen LogP contribution in [-0.2, 0) is 22.9 Å². The maximum Gasteiger partial charge on any atom is 0.276 e. The highest BCUT2D eigenvalue weighted by Gasteiger charge is 2.32. The molecule has 0 bridgehead atoms. The molecule has 0 aliphatic heterocycles. The van der Waals surface area contributed by atoms with Crippen molar-refractivity contribution in [3.05, 3.63) is 118 Å². The average molecular weight is 517 g/mol. The summed E-state index contributed by atoms with van der Waals surface area (Å²) in [5.74, 6) is -0.417. The predicted molar refractivity (Wildman–Crippen MR) is 141 cm³/mol. The Balaban J connectivity index is 1.78. The van der Waals surface area contributed by atoms with Crippen LogP contribution in [0.1, 0.15) is 38.2 Å². The molecule has 0 unspecified atom stereocenters. The first-order valence-corrected chi connectivity index (χ1v) is 13.1. The summed E-state index contributed by atoms with van der Waals surface area (Å²) >= 11 is 0. The summed E-state index contributed by atoms with van der Waals surface area (Å²) in [5.41, 5.74) is 11.3. The number of nitrogen functional groups attached to an aromatic ring is 1. The Hall–Kier alpha value is -4.14. The van der Waals surface area contributed by atoms with E-state index in [1.807, 2.05) is 60.7 Å². The smallest absolute Gasteiger partial charge is 0.276 e. The molecule has 8 heteroatoms. The second-order valence-corrected chi connectivity index (χ2v) is 10.6. The molecule has 0 radical (unpaired) electrons. The normalized spacial score (nSPS) is 11.2. The largest absolute Gasteiger partial charge is 0.489 e. The predicted octanol–water partition coefficient (Wildman–Crippen LogP) is 5.01. The topological polar surface area (TPSA) is 119 Å². The monoisotopic (exact) mass is 516 g/mol. The Morgan fingerprint density at radius 3 is 2.00 bits per heavy atom. The number of nitrogens with one attached hydrogen (secondary N) is 1. The molecule has 4 aromatic carbocycles. The van der Waals surface area contributed by atoms with E-state index in [9.17, 15) is 18.4 Å². The van der Waals surface area contributed by atoms with E-state index < -0.39 is 15.7 Å². The lowest BCUT2D eigenvalue weighted by molar-refractivity contribution is 0.0701. The number of amides is 1. The van der Waals surface area contributed by atoms with E-state index >= 15 is 0 Å². The van der Waals surface area contributed by atoms with E-state index in [0.717, 1.165) is 11.1 Å². The summed E-state index contributed by atoms with van der Waals surface area (Å²) in [5, 5.41) is 9.54. The number of carbonyl (C=O) groups is 1. The Morgan fingerprint density at radius 2 is 1.43 bits per heavy atom. The van der Waals surface area contributed by atoms with Crippen LogP contribution in [0.5, 0.6) is 5.75 Å². The number of hydrogen-bond acceptors (Lipinski definition) is 6. The van der Waals surface area contributed by atoms with Crippen molar-refractivity contribution in [3.8, 4) is 5.75 Å². The summed E-state index contributed by atoms with van der Waals surface area (Å²) in [6, 6.07) is 24.9. The molecule has 190 valence electrons. The molecule has 0 aliphatic rings. The van der Waals surface area contributed by atoms with E-state index in [2.05, 4.69) is 0 Å². The number of sulfone groups is 1. The Bertz CT molecular complexity index is 1520. The maximum atomic E-state index is 13.9. The standard InChI is InChI=1S/C29H28N2O5S/c1-19-25(17-21-9-5-3-6-10-21)26(29(32)31-33)28(20(2)27(19)30)37(34,35)24-15-13-23(14-16-24)36-18-22-11-7-4-8-12-22/h3-16,33H,17-18,30H2,1-2H3,(H,31,32). The first kappa shape index (κ1) is 25.9. The van der Waals surface area contributed by atoms with E-state index in [1.165, 1.54) is 12.1 Å². The lowest BCUT2D eigenvalue weighted by atomic mass is 9.91. The van der Waals surface area contributed by atoms with Crippen LogP contribution in [0.3, 0.4) is 0 Å². The van der Waals surface area contributed by atoms with Gasteiger partial charge in [-0.2, -0.15) is 0 Å². The fourth-order valence-corrected chi connectivity index (χ4v) is 6.03. The summed E-state index contributed by atoms with van der Waals surface area (Å²) in [7, 11) is -4.20. The number of ether oxygens (including phenoxy) is 1. The number of hydrogen-bond donors (Lipinski definition) is 3. The van der Waals surface area contributed by atoms with E-state index in [1.54, 1.807) is 31.5 Å². The van der Waals surface area contributed by atoms with Gasteiger partial charge in [-0.25, -0.2) is 13.9 Å². The first-order chi connectivity index (χ1) is 17.7. The SMILES string of the molecule is Cc1c(N)c(C)c(S(=O)(=O)c2ccc(OCc3ccccc3)cc2)c(C(=O)NO)c1Cc1ccccc1. The van der Waals surface area contributed by atoms with Crippen molar-refractivity contribution < 1.29 is 23.2 Å². The molecule has 4 N–H and O–H groups in total. The molecule has 0 saturated carbocycles. The van der Waals surface area contributed by atoms with Crippen molar-refractivity contribution in [1.82, 2.24) is 5.48 Å². The van der Waals surface area contributed by atoms with Gasteiger partial charge in [0.2, 0.25) is 9.84 Å². The molecule has 0 heterocycles. The molecule has 0 saturated heterocycles. The third kappa shape index (κ3) is 5.35. The average Bonchev–Trinajstić information content (AvgIpc) is 2.92. The molecule has 0 atom stereocenters. The summed E-state index contributed by atoms with van der Waals surface area (Å²) in [4.78, 5) is 12.7. The van der Waals surface area contributed by atoms with Gasteiger partial charge in [0.1, 0.15) is 12.4 Å². The van der Waals surface area contributed by atoms with Gasteiger partial charge in [-0.05, 0) is 72.4 Å².